The van der Waals surface area contributed by atoms with Crippen LogP contribution in [0.5, 0.6) is 0 Å². The van der Waals surface area contributed by atoms with E-state index in [1.165, 1.54) is 11.3 Å². The monoisotopic (exact) mass is 491 g/mol. The van der Waals surface area contributed by atoms with Gasteiger partial charge in [0.15, 0.2) is 11.0 Å². The highest BCUT2D eigenvalue weighted by Gasteiger charge is 2.27. The summed E-state index contributed by atoms with van der Waals surface area (Å²) in [6, 6.07) is 9.61. The number of piperidine rings is 1. The Labute approximate surface area is 196 Å². The third-order valence-electron chi connectivity index (χ3n) is 5.33. The number of hydrazine groups is 1. The van der Waals surface area contributed by atoms with Gasteiger partial charge in [-0.2, -0.15) is 0 Å². The van der Waals surface area contributed by atoms with Crippen LogP contribution in [-0.4, -0.2) is 38.5 Å². The first-order valence-electron chi connectivity index (χ1n) is 9.85. The zero-order valence-electron chi connectivity index (χ0n) is 17.2. The normalized spacial score (nSPS) is 17.0. The molecule has 3 aromatic rings. The second-order valence-electron chi connectivity index (χ2n) is 7.28. The van der Waals surface area contributed by atoms with Gasteiger partial charge < -0.3 is 17.2 Å². The molecule has 1 atom stereocenters. The van der Waals surface area contributed by atoms with Crippen molar-refractivity contribution in [3.8, 4) is 11.1 Å². The third-order valence-corrected chi connectivity index (χ3v) is 8.52. The van der Waals surface area contributed by atoms with Crippen molar-refractivity contribution in [2.75, 3.05) is 18.8 Å². The van der Waals surface area contributed by atoms with Crippen LogP contribution in [-0.2, 0) is 11.0 Å². The lowest BCUT2D eigenvalue weighted by Crippen LogP contribution is -2.40. The highest BCUT2D eigenvalue weighted by Crippen LogP contribution is 2.39. The van der Waals surface area contributed by atoms with E-state index in [4.69, 9.17) is 28.2 Å². The number of fused-ring (bicyclic) bond motifs is 1. The predicted octanol–water partition coefficient (Wildman–Crippen LogP) is 1.04. The minimum Gasteiger partial charge on any atom is -0.382 e. The number of amidine groups is 1. The molecule has 0 saturated carbocycles. The van der Waals surface area contributed by atoms with E-state index in [0.29, 0.717) is 33.6 Å². The van der Waals surface area contributed by atoms with Gasteiger partial charge in [0.25, 0.3) is 0 Å². The molecule has 1 aromatic heterocycles. The molecule has 13 heteroatoms. The lowest BCUT2D eigenvalue weighted by molar-refractivity contribution is 0.334. The average Bonchev–Trinajstić information content (AvgIpc) is 3.18. The highest BCUT2D eigenvalue weighted by molar-refractivity contribution is 7.97. The zero-order chi connectivity index (χ0) is 22.8. The minimum atomic E-state index is -1.43. The molecule has 170 valence electrons. The number of hydrogen-bond donors (Lipinski definition) is 6. The van der Waals surface area contributed by atoms with Crippen LogP contribution in [0.3, 0.4) is 0 Å². The molecule has 0 aliphatic carbocycles. The van der Waals surface area contributed by atoms with Crippen LogP contribution in [0.25, 0.3) is 21.3 Å². The number of hydrazone groups is 1. The van der Waals surface area contributed by atoms with Gasteiger partial charge in [-0.25, -0.2) is 24.9 Å². The molecule has 1 unspecified atom stereocenters. The number of nitrogens with one attached hydrogen (secondary N) is 1. The molecule has 1 aliphatic heterocycles. The van der Waals surface area contributed by atoms with Crippen molar-refractivity contribution in [1.29, 1.82) is 0 Å². The van der Waals surface area contributed by atoms with E-state index >= 15 is 0 Å². The first-order valence-corrected chi connectivity index (χ1v) is 12.7. The van der Waals surface area contributed by atoms with E-state index in [9.17, 15) is 4.21 Å². The molecule has 2 heterocycles. The largest absolute Gasteiger partial charge is 0.382 e. The van der Waals surface area contributed by atoms with Gasteiger partial charge in [0, 0.05) is 30.3 Å². The third kappa shape index (κ3) is 4.32. The Hall–Kier alpha value is -2.26. The molecular formula is C19H25N9OS3. The summed E-state index contributed by atoms with van der Waals surface area (Å²) in [4.78, 5) is 5.61. The van der Waals surface area contributed by atoms with Gasteiger partial charge in [0.1, 0.15) is 11.0 Å². The van der Waals surface area contributed by atoms with Crippen LogP contribution in [0, 0.1) is 0 Å². The Morgan fingerprint density at radius 2 is 2.00 bits per heavy atom. The lowest BCUT2D eigenvalue weighted by Gasteiger charge is -2.29. The van der Waals surface area contributed by atoms with E-state index in [2.05, 4.69) is 15.6 Å². The SMILES string of the molecule is NN/N=C(\N)c1c(-c2cccc3sc(N)nc23)ccc(S(=O)N2CCC(N)CC2)c1SN. The molecule has 11 N–H and O–H groups in total. The molecule has 2 aromatic carbocycles. The van der Waals surface area contributed by atoms with Crippen LogP contribution in [0.4, 0.5) is 5.13 Å². The van der Waals surface area contributed by atoms with E-state index in [-0.39, 0.29) is 11.9 Å². The van der Waals surface area contributed by atoms with E-state index in [1.807, 2.05) is 34.6 Å². The Morgan fingerprint density at radius 1 is 1.25 bits per heavy atom. The second kappa shape index (κ2) is 9.70. The van der Waals surface area contributed by atoms with Crippen LogP contribution < -0.4 is 33.7 Å². The van der Waals surface area contributed by atoms with Gasteiger partial charge in [-0.3, -0.25) is 5.14 Å². The van der Waals surface area contributed by atoms with Crippen molar-refractivity contribution in [3.63, 3.8) is 0 Å². The Kier molecular flexibility index (Phi) is 6.95. The van der Waals surface area contributed by atoms with Crippen LogP contribution in [0.15, 0.2) is 45.2 Å². The quantitative estimate of drug-likeness (QED) is 0.0962. The number of benzene rings is 2. The molecule has 4 rings (SSSR count). The Bertz CT molecular complexity index is 1190. The number of thiazole rings is 1. The van der Waals surface area contributed by atoms with E-state index in [1.54, 1.807) is 0 Å². The summed E-state index contributed by atoms with van der Waals surface area (Å²) < 4.78 is 16.3. The van der Waals surface area contributed by atoms with Crippen molar-refractivity contribution in [3.05, 3.63) is 35.9 Å². The molecule has 0 spiro atoms. The first kappa shape index (κ1) is 22.9. The molecule has 10 nitrogen and oxygen atoms in total. The Balaban J connectivity index is 1.90. The maximum Gasteiger partial charge on any atom is 0.181 e. The molecule has 1 aliphatic rings. The summed E-state index contributed by atoms with van der Waals surface area (Å²) in [6.07, 6.45) is 1.57. The van der Waals surface area contributed by atoms with Gasteiger partial charge >= 0.3 is 0 Å². The van der Waals surface area contributed by atoms with Crippen molar-refractivity contribution in [1.82, 2.24) is 14.8 Å². The summed E-state index contributed by atoms with van der Waals surface area (Å²) in [7, 11) is -1.43. The van der Waals surface area contributed by atoms with Crippen LogP contribution >= 0.6 is 23.3 Å². The molecule has 1 fully saturated rings. The van der Waals surface area contributed by atoms with Gasteiger partial charge in [-0.05, 0) is 42.5 Å². The maximum atomic E-state index is 13.5. The van der Waals surface area contributed by atoms with Crippen molar-refractivity contribution >= 4 is 55.5 Å². The van der Waals surface area contributed by atoms with Crippen LogP contribution in [0.2, 0.25) is 0 Å². The summed E-state index contributed by atoms with van der Waals surface area (Å²) in [6.45, 7) is 1.29. The van der Waals surface area contributed by atoms with E-state index < -0.39 is 11.0 Å². The number of hydrogen-bond acceptors (Lipinski definition) is 10. The summed E-state index contributed by atoms with van der Waals surface area (Å²) >= 11 is 2.37. The maximum absolute atomic E-state index is 13.5. The standard InChI is InChI=1S/C19H25N9OS3/c20-10-6-8-28(9-7-10)32(29)14-5-4-11(15(17(14)31-24)18(21)26-27-23)12-2-1-3-13-16(12)25-19(22)30-13/h1-5,10,27H,6-9,20,23-24H2,(H2,21,26)(H2,22,25). The molecule has 32 heavy (non-hydrogen) atoms. The highest BCUT2D eigenvalue weighted by atomic mass is 32.2. The first-order chi connectivity index (χ1) is 15.4. The summed E-state index contributed by atoms with van der Waals surface area (Å²) in [5.41, 5.74) is 23.3. The fraction of sp³-hybridized carbons (Fsp3) is 0.263. The summed E-state index contributed by atoms with van der Waals surface area (Å²) in [5, 5.41) is 10.5. The van der Waals surface area contributed by atoms with Gasteiger partial charge in [0.05, 0.1) is 20.0 Å². The zero-order valence-corrected chi connectivity index (χ0v) is 19.6. The van der Waals surface area contributed by atoms with Crippen LogP contribution in [0.1, 0.15) is 18.4 Å². The second-order valence-corrected chi connectivity index (χ2v) is 10.4. The number of para-hydroxylation sites is 1. The van der Waals surface area contributed by atoms with Crippen molar-refractivity contribution in [2.45, 2.75) is 28.7 Å². The molecule has 0 bridgehead atoms. The van der Waals surface area contributed by atoms with Gasteiger partial charge in [0.2, 0.25) is 0 Å². The van der Waals surface area contributed by atoms with Crippen molar-refractivity contribution in [2.24, 2.45) is 27.6 Å². The van der Waals surface area contributed by atoms with Crippen molar-refractivity contribution < 1.29 is 4.21 Å². The van der Waals surface area contributed by atoms with Gasteiger partial charge in [-0.15, -0.1) is 5.10 Å². The lowest BCUT2D eigenvalue weighted by atomic mass is 9.98. The number of rotatable bonds is 6. The molecule has 0 amide bonds. The number of anilines is 1. The van der Waals surface area contributed by atoms with E-state index in [0.717, 1.165) is 46.1 Å². The van der Waals surface area contributed by atoms with Gasteiger partial charge in [-0.1, -0.05) is 29.5 Å². The predicted molar refractivity (Wildman–Crippen MR) is 133 cm³/mol. The minimum absolute atomic E-state index is 0.121. The molecule has 0 radical (unpaired) electrons. The smallest absolute Gasteiger partial charge is 0.181 e. The summed E-state index contributed by atoms with van der Waals surface area (Å²) in [5.74, 6) is 5.53. The number of nitrogens with zero attached hydrogens (tertiary/aromatic N) is 3. The molecular weight excluding hydrogens is 466 g/mol. The number of aromatic nitrogens is 1. The number of nitrogens with two attached hydrogens (primary N) is 5. The topological polar surface area (TPSA) is 188 Å². The Morgan fingerprint density at radius 3 is 2.69 bits per heavy atom. The molecule has 1 saturated heterocycles. The fourth-order valence-electron chi connectivity index (χ4n) is 3.79. The fourth-order valence-corrected chi connectivity index (χ4v) is 6.69. The average molecular weight is 492 g/mol. The number of nitrogen functional groups attached to an aromatic ring is 1.